The van der Waals surface area contributed by atoms with E-state index in [0.29, 0.717) is 27.8 Å². The van der Waals surface area contributed by atoms with Crippen LogP contribution >= 0.6 is 11.6 Å². The van der Waals surface area contributed by atoms with Crippen molar-refractivity contribution in [2.24, 2.45) is 0 Å². The minimum atomic E-state index is -0.847. The molecular weight excluding hydrogens is 332 g/mol. The lowest BCUT2D eigenvalue weighted by atomic mass is 10.1. The zero-order valence-corrected chi connectivity index (χ0v) is 14.1. The number of urea groups is 1. The molecule has 6 nitrogen and oxygen atoms in total. The van der Waals surface area contributed by atoms with Crippen LogP contribution in [0.3, 0.4) is 0 Å². The van der Waals surface area contributed by atoms with E-state index in [1.54, 1.807) is 42.5 Å². The summed E-state index contributed by atoms with van der Waals surface area (Å²) in [6.45, 7) is 0.0550. The fourth-order valence-electron chi connectivity index (χ4n) is 2.11. The summed E-state index contributed by atoms with van der Waals surface area (Å²) in [6, 6.07) is 11.4. The molecule has 24 heavy (non-hydrogen) atoms. The fourth-order valence-corrected chi connectivity index (χ4v) is 2.31. The average Bonchev–Trinajstić information content (AvgIpc) is 2.59. The maximum atomic E-state index is 11.9. The second-order valence-electron chi connectivity index (χ2n) is 4.98. The van der Waals surface area contributed by atoms with Crippen molar-refractivity contribution in [2.75, 3.05) is 26.1 Å². The number of carbonyl (C=O) groups excluding carboxylic acids is 1. The molecular formula is C17H19ClN2O4. The first kappa shape index (κ1) is 17.9. The highest BCUT2D eigenvalue weighted by Crippen LogP contribution is 2.29. The first-order valence-corrected chi connectivity index (χ1v) is 7.61. The van der Waals surface area contributed by atoms with E-state index in [1.807, 2.05) is 0 Å². The molecule has 0 aromatic heterocycles. The summed E-state index contributed by atoms with van der Waals surface area (Å²) in [7, 11) is 3.05. The van der Waals surface area contributed by atoms with Gasteiger partial charge in [-0.2, -0.15) is 0 Å². The Morgan fingerprint density at radius 1 is 1.17 bits per heavy atom. The summed E-state index contributed by atoms with van der Waals surface area (Å²) in [4.78, 5) is 11.9. The fraction of sp³-hybridized carbons (Fsp3) is 0.235. The van der Waals surface area contributed by atoms with Crippen molar-refractivity contribution >= 4 is 23.3 Å². The number of benzene rings is 2. The summed E-state index contributed by atoms with van der Waals surface area (Å²) >= 11 is 5.88. The minimum absolute atomic E-state index is 0.0550. The third-order valence-electron chi connectivity index (χ3n) is 3.33. The molecule has 2 rings (SSSR count). The van der Waals surface area contributed by atoms with Crippen LogP contribution < -0.4 is 20.1 Å². The number of anilines is 1. The van der Waals surface area contributed by atoms with Gasteiger partial charge in [-0.3, -0.25) is 0 Å². The van der Waals surface area contributed by atoms with E-state index >= 15 is 0 Å². The molecule has 2 aromatic carbocycles. The van der Waals surface area contributed by atoms with Crippen LogP contribution in [0, 0.1) is 0 Å². The predicted octanol–water partition coefficient (Wildman–Crippen LogP) is 3.21. The molecule has 0 aliphatic carbocycles. The molecule has 0 spiro atoms. The van der Waals surface area contributed by atoms with Crippen LogP contribution in [-0.4, -0.2) is 31.9 Å². The van der Waals surface area contributed by atoms with Crippen molar-refractivity contribution in [1.82, 2.24) is 5.32 Å². The Kier molecular flexibility index (Phi) is 6.28. The summed E-state index contributed by atoms with van der Waals surface area (Å²) in [5, 5.41) is 15.9. The number of hydrogen-bond donors (Lipinski definition) is 3. The number of ether oxygens (including phenoxy) is 2. The van der Waals surface area contributed by atoms with Crippen LogP contribution in [-0.2, 0) is 0 Å². The van der Waals surface area contributed by atoms with Crippen LogP contribution in [0.1, 0.15) is 11.7 Å². The van der Waals surface area contributed by atoms with Crippen molar-refractivity contribution in [1.29, 1.82) is 0 Å². The normalized spacial score (nSPS) is 11.5. The molecule has 7 heteroatoms. The molecule has 2 amide bonds. The zero-order valence-electron chi connectivity index (χ0n) is 13.4. The largest absolute Gasteiger partial charge is 0.493 e. The lowest BCUT2D eigenvalue weighted by Gasteiger charge is -2.14. The van der Waals surface area contributed by atoms with E-state index in [1.165, 1.54) is 14.2 Å². The Bertz CT molecular complexity index is 709. The number of hydrogen-bond acceptors (Lipinski definition) is 4. The minimum Gasteiger partial charge on any atom is -0.493 e. The second-order valence-corrected chi connectivity index (χ2v) is 5.41. The molecule has 2 aromatic rings. The van der Waals surface area contributed by atoms with Crippen molar-refractivity contribution < 1.29 is 19.4 Å². The van der Waals surface area contributed by atoms with Gasteiger partial charge in [0, 0.05) is 23.3 Å². The highest BCUT2D eigenvalue weighted by atomic mass is 35.5. The van der Waals surface area contributed by atoms with E-state index in [9.17, 15) is 9.90 Å². The Morgan fingerprint density at radius 3 is 2.58 bits per heavy atom. The predicted molar refractivity (Wildman–Crippen MR) is 93.0 cm³/mol. The molecule has 0 aliphatic rings. The third kappa shape index (κ3) is 4.78. The monoisotopic (exact) mass is 350 g/mol. The SMILES string of the molecule is COc1ccc(NC(=O)NCC(O)c2cccc(Cl)c2)cc1OC. The Labute approximate surface area is 145 Å². The molecule has 3 N–H and O–H groups in total. The van der Waals surface area contributed by atoms with Crippen LogP contribution in [0.2, 0.25) is 5.02 Å². The molecule has 0 radical (unpaired) electrons. The summed E-state index contributed by atoms with van der Waals surface area (Å²) in [5.41, 5.74) is 1.18. The van der Waals surface area contributed by atoms with E-state index in [4.69, 9.17) is 21.1 Å². The molecule has 0 aliphatic heterocycles. The maximum Gasteiger partial charge on any atom is 0.319 e. The summed E-state index contributed by atoms with van der Waals surface area (Å²) in [6.07, 6.45) is -0.847. The first-order valence-electron chi connectivity index (χ1n) is 7.24. The van der Waals surface area contributed by atoms with Crippen LogP contribution in [0.5, 0.6) is 11.5 Å². The molecule has 0 heterocycles. The molecule has 0 saturated heterocycles. The number of methoxy groups -OCH3 is 2. The van der Waals surface area contributed by atoms with E-state index in [-0.39, 0.29) is 6.54 Å². The van der Waals surface area contributed by atoms with E-state index < -0.39 is 12.1 Å². The number of amides is 2. The van der Waals surface area contributed by atoms with E-state index in [2.05, 4.69) is 10.6 Å². The van der Waals surface area contributed by atoms with Gasteiger partial charge in [0.2, 0.25) is 0 Å². The Morgan fingerprint density at radius 2 is 1.92 bits per heavy atom. The van der Waals surface area contributed by atoms with Gasteiger partial charge in [-0.15, -0.1) is 0 Å². The Balaban J connectivity index is 1.91. The molecule has 1 atom stereocenters. The lowest BCUT2D eigenvalue weighted by molar-refractivity contribution is 0.175. The van der Waals surface area contributed by atoms with Gasteiger partial charge in [0.25, 0.3) is 0 Å². The molecule has 1 unspecified atom stereocenters. The third-order valence-corrected chi connectivity index (χ3v) is 3.57. The highest BCUT2D eigenvalue weighted by Gasteiger charge is 2.11. The van der Waals surface area contributed by atoms with Gasteiger partial charge in [-0.05, 0) is 29.8 Å². The molecule has 128 valence electrons. The lowest BCUT2D eigenvalue weighted by Crippen LogP contribution is -2.32. The number of aliphatic hydroxyl groups excluding tert-OH is 1. The Hall–Kier alpha value is -2.44. The van der Waals surface area contributed by atoms with Gasteiger partial charge < -0.3 is 25.2 Å². The zero-order chi connectivity index (χ0) is 17.5. The van der Waals surface area contributed by atoms with E-state index in [0.717, 1.165) is 0 Å². The maximum absolute atomic E-state index is 11.9. The van der Waals surface area contributed by atoms with Gasteiger partial charge in [0.1, 0.15) is 0 Å². The quantitative estimate of drug-likeness (QED) is 0.747. The standard InChI is InChI=1S/C17H19ClN2O4/c1-23-15-7-6-13(9-16(15)24-2)20-17(22)19-10-14(21)11-4-3-5-12(18)8-11/h3-9,14,21H,10H2,1-2H3,(H2,19,20,22). The number of halogens is 1. The molecule has 0 saturated carbocycles. The number of nitrogens with one attached hydrogen (secondary N) is 2. The van der Waals surface area contributed by atoms with Crippen molar-refractivity contribution in [3.8, 4) is 11.5 Å². The molecule has 0 bridgehead atoms. The van der Waals surface area contributed by atoms with Crippen LogP contribution in [0.25, 0.3) is 0 Å². The van der Waals surface area contributed by atoms with Crippen molar-refractivity contribution in [3.05, 3.63) is 53.1 Å². The average molecular weight is 351 g/mol. The summed E-state index contributed by atoms with van der Waals surface area (Å²) < 4.78 is 10.3. The topological polar surface area (TPSA) is 79.8 Å². The van der Waals surface area contributed by atoms with Crippen molar-refractivity contribution in [2.45, 2.75) is 6.10 Å². The smallest absolute Gasteiger partial charge is 0.319 e. The first-order chi connectivity index (χ1) is 11.5. The summed E-state index contributed by atoms with van der Waals surface area (Å²) in [5.74, 6) is 1.08. The number of aliphatic hydroxyl groups is 1. The second kappa shape index (κ2) is 8.42. The number of rotatable bonds is 6. The van der Waals surface area contributed by atoms with Gasteiger partial charge in [-0.1, -0.05) is 23.7 Å². The van der Waals surface area contributed by atoms with Gasteiger partial charge in [0.05, 0.1) is 20.3 Å². The number of carbonyl (C=O) groups is 1. The highest BCUT2D eigenvalue weighted by molar-refractivity contribution is 6.30. The van der Waals surface area contributed by atoms with Crippen LogP contribution in [0.4, 0.5) is 10.5 Å². The van der Waals surface area contributed by atoms with Gasteiger partial charge in [0.15, 0.2) is 11.5 Å². The molecule has 0 fully saturated rings. The van der Waals surface area contributed by atoms with Crippen LogP contribution in [0.15, 0.2) is 42.5 Å². The van der Waals surface area contributed by atoms with Crippen molar-refractivity contribution in [3.63, 3.8) is 0 Å². The van der Waals surface area contributed by atoms with Gasteiger partial charge >= 0.3 is 6.03 Å². The van der Waals surface area contributed by atoms with Gasteiger partial charge in [-0.25, -0.2) is 4.79 Å².